The lowest BCUT2D eigenvalue weighted by Gasteiger charge is -2.00. The fraction of sp³-hybridized carbons (Fsp3) is 0.200. The van der Waals surface area contributed by atoms with Gasteiger partial charge in [-0.2, -0.15) is 4.98 Å². The molecular weight excluding hydrogens is 183 g/mol. The van der Waals surface area contributed by atoms with Gasteiger partial charge in [0.05, 0.1) is 0 Å². The maximum atomic E-state index is 13.4. The van der Waals surface area contributed by atoms with Gasteiger partial charge in [0.1, 0.15) is 7.19 Å². The van der Waals surface area contributed by atoms with E-state index >= 15 is 0 Å². The van der Waals surface area contributed by atoms with Crippen LogP contribution in [0.3, 0.4) is 0 Å². The highest BCUT2D eigenvalue weighted by atomic mass is 19.1. The van der Waals surface area contributed by atoms with Gasteiger partial charge in [-0.1, -0.05) is 24.2 Å². The SMILES string of the molecule is [2H]c1nc(-c2ccc(CC)c(F)c2)no1. The molecule has 0 amide bonds. The van der Waals surface area contributed by atoms with Crippen LogP contribution >= 0.6 is 0 Å². The Hall–Kier alpha value is -1.71. The van der Waals surface area contributed by atoms with Gasteiger partial charge >= 0.3 is 0 Å². The van der Waals surface area contributed by atoms with Gasteiger partial charge in [0.25, 0.3) is 0 Å². The standard InChI is InChI=1S/C10H9FN2O/c1-2-7-3-4-8(5-9(7)11)10-12-6-14-13-10/h3-6H,2H2,1H3/i6D. The second-order valence-electron chi connectivity index (χ2n) is 2.87. The van der Waals surface area contributed by atoms with Crippen molar-refractivity contribution in [3.63, 3.8) is 0 Å². The summed E-state index contributed by atoms with van der Waals surface area (Å²) >= 11 is 0. The summed E-state index contributed by atoms with van der Waals surface area (Å²) in [7, 11) is 0. The Labute approximate surface area is 82.0 Å². The summed E-state index contributed by atoms with van der Waals surface area (Å²) in [4.78, 5) is 3.70. The molecule has 14 heavy (non-hydrogen) atoms. The van der Waals surface area contributed by atoms with E-state index in [4.69, 9.17) is 1.37 Å². The van der Waals surface area contributed by atoms with Crippen molar-refractivity contribution in [2.45, 2.75) is 13.3 Å². The fourth-order valence-corrected chi connectivity index (χ4v) is 1.24. The highest BCUT2D eigenvalue weighted by Crippen LogP contribution is 2.18. The Morgan fingerprint density at radius 2 is 2.43 bits per heavy atom. The molecule has 0 fully saturated rings. The van der Waals surface area contributed by atoms with Crippen LogP contribution in [0.1, 0.15) is 13.9 Å². The van der Waals surface area contributed by atoms with Gasteiger partial charge in [-0.05, 0) is 18.1 Å². The third-order valence-electron chi connectivity index (χ3n) is 2.02. The summed E-state index contributed by atoms with van der Waals surface area (Å²) in [6.07, 6.45) is 0.368. The Kier molecular flexibility index (Phi) is 1.96. The maximum Gasteiger partial charge on any atom is 0.214 e. The lowest BCUT2D eigenvalue weighted by atomic mass is 10.1. The van der Waals surface area contributed by atoms with E-state index < -0.39 is 0 Å². The second kappa shape index (κ2) is 3.57. The number of benzene rings is 1. The van der Waals surface area contributed by atoms with E-state index in [1.165, 1.54) is 6.07 Å². The van der Waals surface area contributed by atoms with Crippen molar-refractivity contribution in [3.8, 4) is 11.4 Å². The zero-order valence-electron chi connectivity index (χ0n) is 8.62. The van der Waals surface area contributed by atoms with Crippen LogP contribution in [0.5, 0.6) is 0 Å². The number of aryl methyl sites for hydroxylation is 1. The molecule has 0 bridgehead atoms. The van der Waals surface area contributed by atoms with Crippen molar-refractivity contribution in [1.29, 1.82) is 0 Å². The summed E-state index contributed by atoms with van der Waals surface area (Å²) in [5, 5.41) is 3.54. The van der Waals surface area contributed by atoms with Gasteiger partial charge in [0.15, 0.2) is 0 Å². The van der Waals surface area contributed by atoms with Gasteiger partial charge < -0.3 is 4.52 Å². The van der Waals surface area contributed by atoms with Crippen molar-refractivity contribution in [1.82, 2.24) is 10.1 Å². The van der Waals surface area contributed by atoms with Crippen LogP contribution in [-0.4, -0.2) is 10.1 Å². The molecule has 0 unspecified atom stereocenters. The maximum absolute atomic E-state index is 13.4. The van der Waals surface area contributed by atoms with E-state index in [1.54, 1.807) is 12.1 Å². The number of rotatable bonds is 2. The first-order valence-corrected chi connectivity index (χ1v) is 4.30. The molecule has 0 aliphatic rings. The Morgan fingerprint density at radius 1 is 1.57 bits per heavy atom. The van der Waals surface area contributed by atoms with Crippen molar-refractivity contribution in [2.24, 2.45) is 0 Å². The predicted octanol–water partition coefficient (Wildman–Crippen LogP) is 2.44. The van der Waals surface area contributed by atoms with Gasteiger partial charge in [-0.25, -0.2) is 4.39 Å². The van der Waals surface area contributed by atoms with Crippen LogP contribution in [0, 0.1) is 5.82 Å². The monoisotopic (exact) mass is 193 g/mol. The normalized spacial score (nSPS) is 11.4. The molecule has 0 aliphatic carbocycles. The van der Waals surface area contributed by atoms with Crippen molar-refractivity contribution in [2.75, 3.05) is 0 Å². The zero-order valence-corrected chi connectivity index (χ0v) is 7.62. The van der Waals surface area contributed by atoms with Gasteiger partial charge in [0, 0.05) is 5.56 Å². The van der Waals surface area contributed by atoms with Crippen LogP contribution in [0.4, 0.5) is 4.39 Å². The van der Waals surface area contributed by atoms with Gasteiger partial charge in [-0.15, -0.1) is 0 Å². The van der Waals surface area contributed by atoms with Gasteiger partial charge in [-0.3, -0.25) is 0 Å². The van der Waals surface area contributed by atoms with E-state index in [0.29, 0.717) is 17.5 Å². The second-order valence-corrected chi connectivity index (χ2v) is 2.87. The predicted molar refractivity (Wildman–Crippen MR) is 49.1 cm³/mol. The number of hydrogen-bond donors (Lipinski definition) is 0. The fourth-order valence-electron chi connectivity index (χ4n) is 1.24. The number of hydrogen-bond acceptors (Lipinski definition) is 3. The average Bonchev–Trinajstić information content (AvgIpc) is 2.65. The minimum Gasteiger partial charge on any atom is -0.342 e. The third kappa shape index (κ3) is 1.51. The third-order valence-corrected chi connectivity index (χ3v) is 2.02. The molecule has 1 aromatic heterocycles. The molecule has 0 saturated heterocycles. The molecule has 0 N–H and O–H groups in total. The van der Waals surface area contributed by atoms with E-state index in [9.17, 15) is 4.39 Å². The molecule has 4 heteroatoms. The highest BCUT2D eigenvalue weighted by molar-refractivity contribution is 5.54. The molecule has 0 spiro atoms. The van der Waals surface area contributed by atoms with Crippen molar-refractivity contribution < 1.29 is 10.3 Å². The largest absolute Gasteiger partial charge is 0.342 e. The van der Waals surface area contributed by atoms with Gasteiger partial charge in [0.2, 0.25) is 12.2 Å². The van der Waals surface area contributed by atoms with Crippen LogP contribution < -0.4 is 0 Å². The lowest BCUT2D eigenvalue weighted by Crippen LogP contribution is -1.89. The molecule has 0 aliphatic heterocycles. The number of nitrogens with zero attached hydrogens (tertiary/aromatic N) is 2. The zero-order chi connectivity index (χ0) is 10.8. The summed E-state index contributed by atoms with van der Waals surface area (Å²) in [5.74, 6) is -0.0483. The lowest BCUT2D eigenvalue weighted by molar-refractivity contribution is 0.418. The molecule has 0 atom stereocenters. The molecule has 0 saturated carbocycles. The summed E-state index contributed by atoms with van der Waals surface area (Å²) in [5.41, 5.74) is 1.17. The summed E-state index contributed by atoms with van der Waals surface area (Å²) < 4.78 is 25.0. The highest BCUT2D eigenvalue weighted by Gasteiger charge is 2.06. The molecular formula is C10H9FN2O. The quantitative estimate of drug-likeness (QED) is 0.735. The molecule has 1 aromatic carbocycles. The first kappa shape index (κ1) is 7.67. The molecule has 1 heterocycles. The number of halogens is 1. The number of aromatic nitrogens is 2. The Bertz CT molecular complexity index is 484. The van der Waals surface area contributed by atoms with E-state index in [0.717, 1.165) is 0 Å². The first-order valence-electron chi connectivity index (χ1n) is 4.80. The van der Waals surface area contributed by atoms with E-state index in [1.807, 2.05) is 6.92 Å². The topological polar surface area (TPSA) is 38.9 Å². The summed E-state index contributed by atoms with van der Waals surface area (Å²) in [6, 6.07) is 4.75. The molecule has 72 valence electrons. The Morgan fingerprint density at radius 3 is 3.00 bits per heavy atom. The van der Waals surface area contributed by atoms with Crippen molar-refractivity contribution in [3.05, 3.63) is 35.9 Å². The first-order chi connectivity index (χ1) is 7.20. The summed E-state index contributed by atoms with van der Waals surface area (Å²) in [6.45, 7) is 1.88. The van der Waals surface area contributed by atoms with E-state index in [2.05, 4.69) is 14.7 Å². The van der Waals surface area contributed by atoms with Crippen LogP contribution in [0.15, 0.2) is 29.1 Å². The smallest absolute Gasteiger partial charge is 0.214 e. The molecule has 0 radical (unpaired) electrons. The van der Waals surface area contributed by atoms with Crippen LogP contribution in [-0.2, 0) is 6.42 Å². The van der Waals surface area contributed by atoms with E-state index in [-0.39, 0.29) is 18.0 Å². The average molecular weight is 193 g/mol. The minimum absolute atomic E-state index is 0.238. The minimum atomic E-state index is -0.286. The van der Waals surface area contributed by atoms with Crippen molar-refractivity contribution >= 4 is 0 Å². The van der Waals surface area contributed by atoms with Crippen LogP contribution in [0.25, 0.3) is 11.4 Å². The van der Waals surface area contributed by atoms with Crippen LogP contribution in [0.2, 0.25) is 0 Å². The Balaban J connectivity index is 2.42. The molecule has 3 nitrogen and oxygen atoms in total. The molecule has 2 rings (SSSR count). The molecule has 2 aromatic rings.